The summed E-state index contributed by atoms with van der Waals surface area (Å²) in [6, 6.07) is 7.94. The van der Waals surface area contributed by atoms with Gasteiger partial charge >= 0.3 is 16.3 Å². The van der Waals surface area contributed by atoms with Crippen LogP contribution in [0, 0.1) is 12.8 Å². The van der Waals surface area contributed by atoms with E-state index in [-0.39, 0.29) is 37.0 Å². The highest BCUT2D eigenvalue weighted by atomic mass is 32.2. The number of hydrogen-bond donors (Lipinski definition) is 1. The SMILES string of the molecule is Cc1ccc(S(=O)(=O)n2ccc3c2ncc2cnc([C@H]4C[C@@H](NS(=O)(=O)N5CCOC5=O)C[C@H]4C)n23)cc1.[HH]. The van der Waals surface area contributed by atoms with Crippen molar-refractivity contribution in [2.45, 2.75) is 43.5 Å². The molecule has 6 rings (SSSR count). The van der Waals surface area contributed by atoms with Gasteiger partial charge in [-0.3, -0.25) is 4.40 Å². The number of amides is 1. The zero-order valence-electron chi connectivity index (χ0n) is 20.7. The van der Waals surface area contributed by atoms with Crippen molar-refractivity contribution in [2.24, 2.45) is 5.92 Å². The van der Waals surface area contributed by atoms with E-state index in [1.54, 1.807) is 42.7 Å². The lowest BCUT2D eigenvalue weighted by atomic mass is 9.97. The molecule has 1 saturated heterocycles. The number of nitrogens with one attached hydrogen (secondary N) is 1. The highest BCUT2D eigenvalue weighted by Gasteiger charge is 2.40. The van der Waals surface area contributed by atoms with Gasteiger partial charge in [0.2, 0.25) is 0 Å². The molecular formula is C24H28N6O6S2. The van der Waals surface area contributed by atoms with Crippen molar-refractivity contribution in [3.05, 3.63) is 60.3 Å². The molecule has 38 heavy (non-hydrogen) atoms. The Morgan fingerprint density at radius 3 is 2.50 bits per heavy atom. The van der Waals surface area contributed by atoms with Gasteiger partial charge in [-0.2, -0.15) is 17.4 Å². The van der Waals surface area contributed by atoms with Gasteiger partial charge in [-0.15, -0.1) is 0 Å². The predicted molar refractivity (Wildman–Crippen MR) is 139 cm³/mol. The highest BCUT2D eigenvalue weighted by Crippen LogP contribution is 2.40. The van der Waals surface area contributed by atoms with Gasteiger partial charge in [0, 0.05) is 19.6 Å². The summed E-state index contributed by atoms with van der Waals surface area (Å²) in [4.78, 5) is 21.0. The highest BCUT2D eigenvalue weighted by molar-refractivity contribution is 7.90. The van der Waals surface area contributed by atoms with Crippen LogP contribution in [-0.2, 0) is 25.0 Å². The molecule has 0 radical (unpaired) electrons. The first-order chi connectivity index (χ1) is 18.1. The molecular weight excluding hydrogens is 532 g/mol. The summed E-state index contributed by atoms with van der Waals surface area (Å²) < 4.78 is 63.5. The van der Waals surface area contributed by atoms with Crippen LogP contribution in [0.15, 0.2) is 53.8 Å². The van der Waals surface area contributed by atoms with Crippen molar-refractivity contribution in [1.29, 1.82) is 0 Å². The summed E-state index contributed by atoms with van der Waals surface area (Å²) in [5.41, 5.74) is 2.51. The van der Waals surface area contributed by atoms with Gasteiger partial charge in [0.05, 0.1) is 34.9 Å². The Balaban J connectivity index is 0.00000308. The standard InChI is InChI=1S/C24H26N6O6S2.H2/c1-15-3-5-19(6-4-15)37(32,33)28-8-7-21-23(28)26-14-18-13-25-22(30(18)21)20-12-17(11-16(20)2)27-38(34,35)29-9-10-36-24(29)31;/h3-8,13-14,16-17,20,27H,9-12H2,1-2H3;1H/t16-,17+,20+;/m1./s1. The fourth-order valence-electron chi connectivity index (χ4n) is 5.41. The summed E-state index contributed by atoms with van der Waals surface area (Å²) in [6.45, 7) is 3.93. The molecule has 4 heterocycles. The number of nitrogens with zero attached hydrogens (tertiary/aromatic N) is 5. The summed E-state index contributed by atoms with van der Waals surface area (Å²) >= 11 is 0. The third-order valence-corrected chi connectivity index (χ3v) is 10.5. The Kier molecular flexibility index (Phi) is 5.74. The number of imidazole rings is 1. The second-order valence-electron chi connectivity index (χ2n) is 9.83. The molecule has 14 heteroatoms. The lowest BCUT2D eigenvalue weighted by Crippen LogP contribution is -2.45. The Morgan fingerprint density at radius 2 is 1.79 bits per heavy atom. The molecule has 202 valence electrons. The zero-order chi connectivity index (χ0) is 26.8. The van der Waals surface area contributed by atoms with Gasteiger partial charge in [0.1, 0.15) is 12.4 Å². The molecule has 1 amide bonds. The van der Waals surface area contributed by atoms with Crippen LogP contribution in [0.2, 0.25) is 0 Å². The van der Waals surface area contributed by atoms with Gasteiger partial charge in [-0.1, -0.05) is 24.6 Å². The van der Waals surface area contributed by atoms with E-state index in [1.807, 2.05) is 18.2 Å². The Bertz CT molecular complexity index is 1780. The summed E-state index contributed by atoms with van der Waals surface area (Å²) in [6.07, 6.45) is 4.89. The van der Waals surface area contributed by atoms with Gasteiger partial charge in [0.15, 0.2) is 5.65 Å². The number of aryl methyl sites for hydroxylation is 1. The molecule has 3 aromatic heterocycles. The zero-order valence-corrected chi connectivity index (χ0v) is 22.3. The van der Waals surface area contributed by atoms with Crippen LogP contribution < -0.4 is 4.72 Å². The number of benzene rings is 1. The van der Waals surface area contributed by atoms with Crippen LogP contribution in [0.3, 0.4) is 0 Å². The topological polar surface area (TPSA) is 145 Å². The van der Waals surface area contributed by atoms with Crippen molar-refractivity contribution in [3.8, 4) is 0 Å². The van der Waals surface area contributed by atoms with Crippen LogP contribution in [0.5, 0.6) is 0 Å². The van der Waals surface area contributed by atoms with E-state index >= 15 is 0 Å². The number of cyclic esters (lactones) is 1. The molecule has 1 aliphatic carbocycles. The molecule has 3 atom stereocenters. The summed E-state index contributed by atoms with van der Waals surface area (Å²) in [7, 11) is -7.90. The smallest absolute Gasteiger partial charge is 0.424 e. The third kappa shape index (κ3) is 3.94. The van der Waals surface area contributed by atoms with E-state index in [1.165, 1.54) is 10.2 Å². The third-order valence-electron chi connectivity index (χ3n) is 7.30. The fourth-order valence-corrected chi connectivity index (χ4v) is 8.01. The molecule has 0 unspecified atom stereocenters. The van der Waals surface area contributed by atoms with Crippen molar-refractivity contribution < 1.29 is 27.8 Å². The van der Waals surface area contributed by atoms with Gasteiger partial charge < -0.3 is 4.74 Å². The molecule has 4 aromatic rings. The second-order valence-corrected chi connectivity index (χ2v) is 13.3. The van der Waals surface area contributed by atoms with E-state index in [4.69, 9.17) is 4.74 Å². The first-order valence-electron chi connectivity index (χ1n) is 12.2. The molecule has 2 aliphatic rings. The lowest BCUT2D eigenvalue weighted by Gasteiger charge is -2.18. The van der Waals surface area contributed by atoms with E-state index in [9.17, 15) is 21.6 Å². The molecule has 2 fully saturated rings. The van der Waals surface area contributed by atoms with Crippen LogP contribution in [0.1, 0.15) is 38.5 Å². The predicted octanol–water partition coefficient (Wildman–Crippen LogP) is 2.64. The van der Waals surface area contributed by atoms with Crippen LogP contribution in [-0.4, -0.2) is 64.8 Å². The van der Waals surface area contributed by atoms with E-state index < -0.39 is 32.4 Å². The normalized spacial score (nSPS) is 22.5. The van der Waals surface area contributed by atoms with Crippen LogP contribution in [0.4, 0.5) is 4.79 Å². The first-order valence-corrected chi connectivity index (χ1v) is 15.1. The van der Waals surface area contributed by atoms with E-state index in [0.717, 1.165) is 5.56 Å². The molecule has 1 saturated carbocycles. The second kappa shape index (κ2) is 8.78. The Morgan fingerprint density at radius 1 is 1.05 bits per heavy atom. The summed E-state index contributed by atoms with van der Waals surface area (Å²) in [5, 5.41) is 0. The van der Waals surface area contributed by atoms with E-state index in [2.05, 4.69) is 14.7 Å². The van der Waals surface area contributed by atoms with Crippen molar-refractivity contribution in [3.63, 3.8) is 0 Å². The molecule has 1 aromatic carbocycles. The average molecular weight is 561 g/mol. The average Bonchev–Trinajstić information content (AvgIpc) is 3.64. The quantitative estimate of drug-likeness (QED) is 0.379. The maximum atomic E-state index is 13.4. The number of aromatic nitrogens is 4. The summed E-state index contributed by atoms with van der Waals surface area (Å²) in [5.74, 6) is 0.659. The minimum Gasteiger partial charge on any atom is -0.447 e. The van der Waals surface area contributed by atoms with Crippen molar-refractivity contribution >= 4 is 43.0 Å². The Hall–Kier alpha value is -3.49. The number of carbonyl (C=O) groups is 1. The molecule has 1 aliphatic heterocycles. The minimum absolute atomic E-state index is 0. The molecule has 12 nitrogen and oxygen atoms in total. The molecule has 0 bridgehead atoms. The van der Waals surface area contributed by atoms with Gasteiger partial charge in [-0.25, -0.2) is 27.2 Å². The maximum Gasteiger partial charge on any atom is 0.424 e. The number of hydrogen-bond acceptors (Lipinski definition) is 8. The Labute approximate surface area is 221 Å². The van der Waals surface area contributed by atoms with E-state index in [0.29, 0.717) is 34.0 Å². The van der Waals surface area contributed by atoms with Crippen molar-refractivity contribution in [2.75, 3.05) is 13.2 Å². The van der Waals surface area contributed by atoms with Crippen molar-refractivity contribution in [1.82, 2.24) is 27.4 Å². The minimum atomic E-state index is -4.03. The maximum absolute atomic E-state index is 13.4. The molecule has 1 N–H and O–H groups in total. The van der Waals surface area contributed by atoms with Crippen LogP contribution >= 0.6 is 0 Å². The van der Waals surface area contributed by atoms with Gasteiger partial charge in [-0.05, 0) is 43.9 Å². The first kappa shape index (κ1) is 24.8. The number of fused-ring (bicyclic) bond motifs is 3. The van der Waals surface area contributed by atoms with Gasteiger partial charge in [0.25, 0.3) is 10.0 Å². The monoisotopic (exact) mass is 560 g/mol. The number of rotatable bonds is 6. The molecule has 0 spiro atoms. The number of carbonyl (C=O) groups excluding carboxylic acids is 1. The largest absolute Gasteiger partial charge is 0.447 e. The van der Waals surface area contributed by atoms with Crippen LogP contribution in [0.25, 0.3) is 16.7 Å². The lowest BCUT2D eigenvalue weighted by molar-refractivity contribution is 0.169. The fraction of sp³-hybridized carbons (Fsp3) is 0.375. The number of ether oxygens (including phenoxy) is 1.